The summed E-state index contributed by atoms with van der Waals surface area (Å²) < 4.78 is 26.8. The normalized spacial score (nSPS) is 15.3. The molecule has 0 saturated heterocycles. The summed E-state index contributed by atoms with van der Waals surface area (Å²) in [5.74, 6) is 0. The molecule has 0 unspecified atom stereocenters. The first-order valence-electron chi connectivity index (χ1n) is 15.3. The number of hydrogen-bond donors (Lipinski definition) is 2. The van der Waals surface area contributed by atoms with Crippen LogP contribution in [0.3, 0.4) is 0 Å². The Labute approximate surface area is 257 Å². The molecule has 0 atom stereocenters. The van der Waals surface area contributed by atoms with Crippen molar-refractivity contribution in [1.82, 2.24) is 0 Å². The SMILES string of the molecule is CC(C)(CCC(CO)(CO)CCC(C)(C)C[Si](C)(O[Si](C)(C)C)O[Si](C)(C)C)C[Si](O[Si](C)(C)C)O[Si](C)(C)C. The molecule has 0 aliphatic rings. The topological polar surface area (TPSA) is 77.4 Å². The predicted molar refractivity (Wildman–Crippen MR) is 187 cm³/mol. The highest BCUT2D eigenvalue weighted by atomic mass is 28.5. The third-order valence-electron chi connectivity index (χ3n) is 6.64. The van der Waals surface area contributed by atoms with Gasteiger partial charge in [0.15, 0.2) is 33.3 Å². The van der Waals surface area contributed by atoms with E-state index in [1.807, 2.05) is 0 Å². The molecule has 1 radical (unpaired) electrons. The van der Waals surface area contributed by atoms with Gasteiger partial charge in [0.1, 0.15) is 0 Å². The van der Waals surface area contributed by atoms with E-state index in [4.69, 9.17) is 16.5 Å². The second-order valence-corrected chi connectivity index (χ2v) is 41.7. The zero-order valence-corrected chi connectivity index (χ0v) is 35.7. The van der Waals surface area contributed by atoms with Crippen LogP contribution in [0.25, 0.3) is 0 Å². The Kier molecular flexibility index (Phi) is 15.3. The Morgan fingerprint density at radius 1 is 0.525 bits per heavy atom. The maximum Gasteiger partial charge on any atom is 0.363 e. The zero-order chi connectivity index (χ0) is 32.1. The van der Waals surface area contributed by atoms with Crippen molar-refractivity contribution in [2.45, 2.75) is 151 Å². The molecule has 6 nitrogen and oxygen atoms in total. The molecule has 0 aromatic rings. The Bertz CT molecular complexity index is 714. The van der Waals surface area contributed by atoms with Crippen LogP contribution in [0.5, 0.6) is 0 Å². The van der Waals surface area contributed by atoms with Gasteiger partial charge in [0.05, 0.1) is 13.2 Å². The average Bonchev–Trinajstić information content (AvgIpc) is 2.61. The Morgan fingerprint density at radius 2 is 0.875 bits per heavy atom. The van der Waals surface area contributed by atoms with Crippen molar-refractivity contribution in [3.8, 4) is 0 Å². The molecule has 0 amide bonds. The van der Waals surface area contributed by atoms with Crippen molar-refractivity contribution >= 4 is 51.1 Å². The van der Waals surface area contributed by atoms with E-state index >= 15 is 0 Å². The predicted octanol–water partition coefficient (Wildman–Crippen LogP) is 8.54. The Hall–Kier alpha value is 1.06. The summed E-state index contributed by atoms with van der Waals surface area (Å²) in [5, 5.41) is 21.1. The summed E-state index contributed by atoms with van der Waals surface area (Å²) in [7, 11) is -10.8. The number of aliphatic hydroxyl groups is 2. The lowest BCUT2D eigenvalue weighted by molar-refractivity contribution is 0.0217. The van der Waals surface area contributed by atoms with Gasteiger partial charge in [-0.05, 0) is 134 Å². The standard InChI is InChI=1S/C28H69O6Si6/c1-26(2,24-35(31-36(5,6)7)32-37(8,9)10)18-20-28(22-29,23-30)21-19-27(3,4)25-40(17,33-38(11,12)13)34-39(14,15)16/h29-30H,18-25H2,1-17H3. The maximum atomic E-state index is 10.6. The van der Waals surface area contributed by atoms with Gasteiger partial charge in [-0.2, -0.15) is 0 Å². The van der Waals surface area contributed by atoms with E-state index in [9.17, 15) is 10.2 Å². The molecule has 0 fully saturated rings. The van der Waals surface area contributed by atoms with Gasteiger partial charge in [-0.3, -0.25) is 0 Å². The molecule has 0 heterocycles. The van der Waals surface area contributed by atoms with Crippen molar-refractivity contribution < 1.29 is 26.7 Å². The van der Waals surface area contributed by atoms with Gasteiger partial charge in [-0.15, -0.1) is 0 Å². The lowest BCUT2D eigenvalue weighted by atomic mass is 9.73. The van der Waals surface area contributed by atoms with Crippen LogP contribution in [0, 0.1) is 16.2 Å². The fraction of sp³-hybridized carbons (Fsp3) is 1.00. The van der Waals surface area contributed by atoms with Gasteiger partial charge in [0.2, 0.25) is 0 Å². The molecule has 0 aromatic heterocycles. The van der Waals surface area contributed by atoms with Crippen LogP contribution in [0.2, 0.25) is 97.2 Å². The molecule has 0 rings (SSSR count). The summed E-state index contributed by atoms with van der Waals surface area (Å²) in [5.41, 5.74) is -0.517. The van der Waals surface area contributed by atoms with Crippen molar-refractivity contribution in [1.29, 1.82) is 0 Å². The molecule has 12 heteroatoms. The van der Waals surface area contributed by atoms with Gasteiger partial charge in [-0.1, -0.05) is 27.7 Å². The van der Waals surface area contributed by atoms with Crippen molar-refractivity contribution in [2.24, 2.45) is 16.2 Å². The lowest BCUT2D eigenvalue weighted by Gasteiger charge is -2.43. The number of hydrogen-bond acceptors (Lipinski definition) is 6. The highest BCUT2D eigenvalue weighted by Gasteiger charge is 2.45. The minimum absolute atomic E-state index is 0.000539. The van der Waals surface area contributed by atoms with E-state index in [1.54, 1.807) is 0 Å². The van der Waals surface area contributed by atoms with Crippen LogP contribution in [-0.2, 0) is 16.5 Å². The number of aliphatic hydroxyl groups excluding tert-OH is 2. The third kappa shape index (κ3) is 19.4. The maximum absolute atomic E-state index is 10.6. The first-order chi connectivity index (χ1) is 17.4. The Morgan fingerprint density at radius 3 is 1.18 bits per heavy atom. The van der Waals surface area contributed by atoms with E-state index in [1.165, 1.54) is 0 Å². The van der Waals surface area contributed by atoms with Crippen LogP contribution in [0.4, 0.5) is 0 Å². The second-order valence-electron chi connectivity index (χ2n) is 17.9. The highest BCUT2D eigenvalue weighted by Crippen LogP contribution is 2.43. The van der Waals surface area contributed by atoms with Gasteiger partial charge in [0.25, 0.3) is 0 Å². The molecule has 0 bridgehead atoms. The van der Waals surface area contributed by atoms with Crippen molar-refractivity contribution in [3.63, 3.8) is 0 Å². The summed E-state index contributed by atoms with van der Waals surface area (Å²) in [6.45, 7) is 38.3. The summed E-state index contributed by atoms with van der Waals surface area (Å²) >= 11 is 0. The first kappa shape index (κ1) is 41.1. The smallest absolute Gasteiger partial charge is 0.363 e. The number of rotatable bonds is 20. The summed E-state index contributed by atoms with van der Waals surface area (Å²) in [4.78, 5) is 0. The minimum Gasteiger partial charge on any atom is -0.437 e. The van der Waals surface area contributed by atoms with E-state index in [0.717, 1.165) is 37.8 Å². The fourth-order valence-electron chi connectivity index (χ4n) is 5.30. The molecule has 0 saturated carbocycles. The molecule has 2 N–H and O–H groups in total. The quantitative estimate of drug-likeness (QED) is 0.127. The van der Waals surface area contributed by atoms with Gasteiger partial charge < -0.3 is 26.7 Å². The van der Waals surface area contributed by atoms with Crippen LogP contribution in [0.1, 0.15) is 53.4 Å². The fourth-order valence-corrected chi connectivity index (χ4v) is 26.2. The highest BCUT2D eigenvalue weighted by molar-refractivity contribution is 6.87. The Balaban J connectivity index is 5.62. The van der Waals surface area contributed by atoms with Crippen LogP contribution in [0.15, 0.2) is 0 Å². The largest absolute Gasteiger partial charge is 0.437 e. The lowest BCUT2D eigenvalue weighted by Crippen LogP contribution is -2.54. The second kappa shape index (κ2) is 14.9. The molecule has 40 heavy (non-hydrogen) atoms. The van der Waals surface area contributed by atoms with Crippen molar-refractivity contribution in [2.75, 3.05) is 13.2 Å². The van der Waals surface area contributed by atoms with E-state index in [-0.39, 0.29) is 24.0 Å². The summed E-state index contributed by atoms with van der Waals surface area (Å²) in [6, 6.07) is 1.83. The van der Waals surface area contributed by atoms with Gasteiger partial charge in [-0.25, -0.2) is 0 Å². The molecular formula is C28H69O6Si6. The van der Waals surface area contributed by atoms with Crippen LogP contribution < -0.4 is 0 Å². The average molecular weight is 670 g/mol. The van der Waals surface area contributed by atoms with Gasteiger partial charge in [0, 0.05) is 5.41 Å². The molecule has 241 valence electrons. The minimum atomic E-state index is -2.40. The van der Waals surface area contributed by atoms with Crippen molar-refractivity contribution in [3.05, 3.63) is 0 Å². The third-order valence-corrected chi connectivity index (χ3v) is 24.6. The van der Waals surface area contributed by atoms with Crippen LogP contribution in [-0.4, -0.2) is 74.5 Å². The van der Waals surface area contributed by atoms with E-state index in [2.05, 4.69) is 113 Å². The zero-order valence-electron chi connectivity index (χ0n) is 29.7. The molecule has 0 aliphatic heterocycles. The molecule has 0 aliphatic carbocycles. The van der Waals surface area contributed by atoms with E-state index < -0.39 is 56.5 Å². The molecule has 0 spiro atoms. The first-order valence-corrected chi connectivity index (χ1v) is 33.0. The summed E-state index contributed by atoms with van der Waals surface area (Å²) in [6.07, 6.45) is 3.39. The monoisotopic (exact) mass is 669 g/mol. The molecule has 0 aromatic carbocycles. The van der Waals surface area contributed by atoms with E-state index in [0.29, 0.717) is 0 Å². The van der Waals surface area contributed by atoms with Gasteiger partial charge >= 0.3 is 17.8 Å². The molecular weight excluding hydrogens is 601 g/mol. The van der Waals surface area contributed by atoms with Crippen LogP contribution >= 0.6 is 0 Å².